The Morgan fingerprint density at radius 3 is 2.61 bits per heavy atom. The number of H-pyrrole nitrogens is 1. The Balaban J connectivity index is 1.76. The van der Waals surface area contributed by atoms with Gasteiger partial charge in [0.15, 0.2) is 12.1 Å². The van der Waals surface area contributed by atoms with Gasteiger partial charge in [-0.05, 0) is 23.8 Å². The first-order valence-corrected chi connectivity index (χ1v) is 9.31. The Kier molecular flexibility index (Phi) is 4.96. The lowest BCUT2D eigenvalue weighted by Crippen LogP contribution is -2.38. The minimum absolute atomic E-state index is 0.0724. The van der Waals surface area contributed by atoms with Gasteiger partial charge in [-0.2, -0.15) is 0 Å². The lowest BCUT2D eigenvalue weighted by molar-refractivity contribution is -0.659. The van der Waals surface area contributed by atoms with Crippen LogP contribution in [0.25, 0.3) is 11.2 Å². The molecule has 0 bridgehead atoms. The summed E-state index contributed by atoms with van der Waals surface area (Å²) in [7, 11) is 0. The number of aromatic hydroxyl groups is 1. The van der Waals surface area contributed by atoms with E-state index in [1.54, 1.807) is 10.9 Å². The number of carbonyl (C=O) groups excluding carboxylic acids is 2. The number of aromatic nitrogens is 4. The average Bonchev–Trinajstić information content (AvgIpc) is 3.05. The molecule has 0 saturated carbocycles. The fourth-order valence-electron chi connectivity index (χ4n) is 3.38. The van der Waals surface area contributed by atoms with E-state index in [2.05, 4.69) is 9.97 Å². The molecule has 0 aliphatic rings. The molecule has 31 heavy (non-hydrogen) atoms. The number of nitrogens with one attached hydrogen (secondary N) is 1. The quantitative estimate of drug-likeness (QED) is 0.260. The number of phenols is 1. The van der Waals surface area contributed by atoms with Crippen LogP contribution in [0.5, 0.6) is 5.75 Å². The summed E-state index contributed by atoms with van der Waals surface area (Å²) < 4.78 is 3.21. The zero-order valence-electron chi connectivity index (χ0n) is 16.3. The predicted octanol–water partition coefficient (Wildman–Crippen LogP) is 0.330. The number of hydrogen-bond acceptors (Lipinski definition) is 6. The molecule has 1 amide bonds. The molecule has 0 saturated heterocycles. The zero-order valence-corrected chi connectivity index (χ0v) is 16.3. The largest absolute Gasteiger partial charge is 0.507 e. The number of imidazole rings is 1. The maximum Gasteiger partial charge on any atom is 0.312 e. The van der Waals surface area contributed by atoms with Crippen molar-refractivity contribution in [3.63, 3.8) is 0 Å². The molecule has 6 N–H and O–H groups in total. The van der Waals surface area contributed by atoms with E-state index >= 15 is 0 Å². The Hall–Kier alpha value is -4.47. The number of ketones is 1. The monoisotopic (exact) mass is 419 g/mol. The van der Waals surface area contributed by atoms with Crippen LogP contribution < -0.4 is 21.6 Å². The van der Waals surface area contributed by atoms with Gasteiger partial charge in [-0.3, -0.25) is 23.9 Å². The molecule has 0 radical (unpaired) electrons. The maximum absolute atomic E-state index is 12.9. The second kappa shape index (κ2) is 7.75. The minimum atomic E-state index is -0.847. The number of nitrogens with two attached hydrogens (primary N) is 2. The van der Waals surface area contributed by atoms with Gasteiger partial charge in [0.1, 0.15) is 12.3 Å². The molecule has 10 heteroatoms. The fraction of sp³-hybridized carbons (Fsp3) is 0.0952. The highest BCUT2D eigenvalue weighted by molar-refractivity contribution is 6.01. The third-order valence-corrected chi connectivity index (χ3v) is 4.83. The van der Waals surface area contributed by atoms with Gasteiger partial charge in [-0.15, -0.1) is 0 Å². The van der Waals surface area contributed by atoms with Crippen LogP contribution in [0.4, 0.5) is 5.95 Å². The second-order valence-corrected chi connectivity index (χ2v) is 7.00. The number of aromatic amines is 1. The third kappa shape index (κ3) is 3.86. The van der Waals surface area contributed by atoms with Gasteiger partial charge < -0.3 is 16.6 Å². The summed E-state index contributed by atoms with van der Waals surface area (Å²) in [5.41, 5.74) is 12.0. The number of fused-ring (bicyclic) bond motifs is 1. The molecule has 2 aromatic heterocycles. The van der Waals surface area contributed by atoms with E-state index in [0.717, 1.165) is 5.56 Å². The summed E-state index contributed by atoms with van der Waals surface area (Å²) in [6.07, 6.45) is 1.62. The van der Waals surface area contributed by atoms with Gasteiger partial charge in [-0.1, -0.05) is 35.3 Å². The number of primary amides is 1. The van der Waals surface area contributed by atoms with Crippen LogP contribution in [-0.4, -0.2) is 31.3 Å². The topological polar surface area (TPSA) is 161 Å². The summed E-state index contributed by atoms with van der Waals surface area (Å²) in [4.78, 5) is 43.6. The maximum atomic E-state index is 12.9. The number of nitrogens with zero attached hydrogens (tertiary/aromatic N) is 3. The summed E-state index contributed by atoms with van der Waals surface area (Å²) in [5.74, 6) is -1.60. The van der Waals surface area contributed by atoms with Crippen LogP contribution in [-0.2, 0) is 13.1 Å². The number of amides is 1. The van der Waals surface area contributed by atoms with Crippen molar-refractivity contribution in [2.75, 3.05) is 5.73 Å². The number of anilines is 1. The molecule has 4 rings (SSSR count). The Labute approximate surface area is 175 Å². The van der Waals surface area contributed by atoms with Crippen LogP contribution in [0.1, 0.15) is 26.3 Å². The second-order valence-electron chi connectivity index (χ2n) is 7.00. The lowest BCUT2D eigenvalue weighted by atomic mass is 10.1. The first kappa shape index (κ1) is 19.8. The zero-order chi connectivity index (χ0) is 22.1. The van der Waals surface area contributed by atoms with Gasteiger partial charge in [0.05, 0.1) is 12.1 Å². The average molecular weight is 419 g/mol. The smallest absolute Gasteiger partial charge is 0.312 e. The van der Waals surface area contributed by atoms with Crippen molar-refractivity contribution in [2.45, 2.75) is 13.1 Å². The molecule has 156 valence electrons. The van der Waals surface area contributed by atoms with Crippen LogP contribution >= 0.6 is 0 Å². The first-order valence-electron chi connectivity index (χ1n) is 9.31. The van der Waals surface area contributed by atoms with Gasteiger partial charge in [-0.25, -0.2) is 4.57 Å². The van der Waals surface area contributed by atoms with E-state index in [1.165, 1.54) is 22.8 Å². The molecular weight excluding hydrogens is 400 g/mol. The molecule has 4 aromatic rings. The highest BCUT2D eigenvalue weighted by Crippen LogP contribution is 2.18. The summed E-state index contributed by atoms with van der Waals surface area (Å²) in [5, 5.41) is 9.74. The summed E-state index contributed by atoms with van der Waals surface area (Å²) in [6, 6.07) is 13.4. The normalized spacial score (nSPS) is 11.0. The van der Waals surface area contributed by atoms with Crippen molar-refractivity contribution in [1.82, 2.24) is 14.5 Å². The highest BCUT2D eigenvalue weighted by atomic mass is 16.3. The van der Waals surface area contributed by atoms with Gasteiger partial charge in [0.2, 0.25) is 5.52 Å². The van der Waals surface area contributed by atoms with E-state index in [0.29, 0.717) is 6.54 Å². The number of carbonyl (C=O) groups is 2. The molecule has 0 unspecified atom stereocenters. The predicted molar refractivity (Wildman–Crippen MR) is 111 cm³/mol. The molecule has 0 aliphatic heterocycles. The van der Waals surface area contributed by atoms with Crippen LogP contribution in [0.3, 0.4) is 0 Å². The Morgan fingerprint density at radius 1 is 1.16 bits per heavy atom. The molecule has 10 nitrogen and oxygen atoms in total. The van der Waals surface area contributed by atoms with E-state index in [9.17, 15) is 19.5 Å². The third-order valence-electron chi connectivity index (χ3n) is 4.83. The van der Waals surface area contributed by atoms with Crippen LogP contribution in [0.2, 0.25) is 0 Å². The first-order chi connectivity index (χ1) is 14.8. The van der Waals surface area contributed by atoms with Gasteiger partial charge in [0, 0.05) is 5.56 Å². The number of benzene rings is 2. The van der Waals surface area contributed by atoms with E-state index in [-0.39, 0.29) is 46.3 Å². The SMILES string of the molecule is NC(=O)c1cc(C(=O)C[n+]2cn(Cc3ccccc3)c3c(=O)[nH]c(N)nc32)ccc1O. The van der Waals surface area contributed by atoms with E-state index in [1.807, 2.05) is 30.3 Å². The number of rotatable bonds is 6. The molecule has 2 aromatic carbocycles. The van der Waals surface area contributed by atoms with Crippen molar-refractivity contribution in [3.05, 3.63) is 81.9 Å². The number of nitrogen functional groups attached to an aromatic ring is 1. The van der Waals surface area contributed by atoms with E-state index < -0.39 is 11.5 Å². The molecule has 0 atom stereocenters. The van der Waals surface area contributed by atoms with Crippen LogP contribution in [0.15, 0.2) is 59.7 Å². The molecule has 2 heterocycles. The molecular formula is C21H19N6O4+. The van der Waals surface area contributed by atoms with Crippen molar-refractivity contribution in [3.8, 4) is 5.75 Å². The molecule has 0 spiro atoms. The van der Waals surface area contributed by atoms with Gasteiger partial charge in [0.25, 0.3) is 17.4 Å². The van der Waals surface area contributed by atoms with Gasteiger partial charge >= 0.3 is 5.65 Å². The van der Waals surface area contributed by atoms with Crippen molar-refractivity contribution < 1.29 is 19.3 Å². The molecule has 0 fully saturated rings. The van der Waals surface area contributed by atoms with Crippen molar-refractivity contribution in [1.29, 1.82) is 0 Å². The lowest BCUT2D eigenvalue weighted by Gasteiger charge is -2.04. The van der Waals surface area contributed by atoms with Crippen molar-refractivity contribution >= 4 is 28.8 Å². The fourth-order valence-corrected chi connectivity index (χ4v) is 3.38. The van der Waals surface area contributed by atoms with Crippen LogP contribution in [0, 0.1) is 0 Å². The highest BCUT2D eigenvalue weighted by Gasteiger charge is 2.24. The summed E-state index contributed by atoms with van der Waals surface area (Å²) >= 11 is 0. The van der Waals surface area contributed by atoms with Crippen molar-refractivity contribution in [2.24, 2.45) is 5.73 Å². The Morgan fingerprint density at radius 2 is 1.90 bits per heavy atom. The van der Waals surface area contributed by atoms with E-state index in [4.69, 9.17) is 11.5 Å². The standard InChI is InChI=1S/C21H18N6O4/c22-18(30)14-8-13(6-7-15(14)28)16(29)10-27-11-26(9-12-4-2-1-3-5-12)17-19(27)24-21(23)25-20(17)31/h1-8,11H,9-10H2,(H5-,22,23,24,25,28,29,30,31)/p+1. The minimum Gasteiger partial charge on any atom is -0.507 e. The number of hydrogen-bond donors (Lipinski definition) is 4. The Bertz CT molecular complexity index is 1370. The molecule has 0 aliphatic carbocycles. The number of Topliss-reactive ketones (excluding diaryl/α,β-unsaturated/α-hetero) is 1. The summed E-state index contributed by atoms with van der Waals surface area (Å²) in [6.45, 7) is 0.218.